The van der Waals surface area contributed by atoms with Gasteiger partial charge in [0.05, 0.1) is 18.0 Å². The van der Waals surface area contributed by atoms with Crippen molar-refractivity contribution in [3.05, 3.63) is 24.0 Å². The monoisotopic (exact) mass is 318 g/mol. The predicted octanol–water partition coefficient (Wildman–Crippen LogP) is 0.587. The molecule has 124 valence electrons. The van der Waals surface area contributed by atoms with E-state index in [0.717, 1.165) is 38.1 Å². The maximum atomic E-state index is 12.4. The fraction of sp³-hybridized carbons (Fsp3) is 0.562. The molecule has 0 aliphatic carbocycles. The Labute approximate surface area is 135 Å². The van der Waals surface area contributed by atoms with Crippen molar-refractivity contribution in [1.82, 2.24) is 14.8 Å². The van der Waals surface area contributed by atoms with Gasteiger partial charge in [0.2, 0.25) is 6.41 Å². The number of anilines is 1. The molecule has 0 aromatic carbocycles. The molecule has 1 aromatic heterocycles. The summed E-state index contributed by atoms with van der Waals surface area (Å²) in [6, 6.07) is 3.61. The highest BCUT2D eigenvalue weighted by atomic mass is 16.5. The minimum atomic E-state index is -0.0822. The van der Waals surface area contributed by atoms with E-state index in [2.05, 4.69) is 10.3 Å². The highest BCUT2D eigenvalue weighted by molar-refractivity contribution is 5.92. The van der Waals surface area contributed by atoms with E-state index in [1.165, 1.54) is 0 Å². The van der Waals surface area contributed by atoms with Crippen LogP contribution in [0.15, 0.2) is 18.3 Å². The lowest BCUT2D eigenvalue weighted by molar-refractivity contribution is -0.119. The lowest BCUT2D eigenvalue weighted by atomic mass is 10.2. The van der Waals surface area contributed by atoms with Crippen molar-refractivity contribution < 1.29 is 14.3 Å². The van der Waals surface area contributed by atoms with Crippen LogP contribution in [0.1, 0.15) is 23.3 Å². The molecule has 3 heterocycles. The van der Waals surface area contributed by atoms with Crippen molar-refractivity contribution in [2.75, 3.05) is 44.6 Å². The third-order valence-electron chi connectivity index (χ3n) is 4.29. The number of aromatic nitrogens is 1. The van der Waals surface area contributed by atoms with E-state index in [1.807, 2.05) is 6.07 Å². The van der Waals surface area contributed by atoms with Gasteiger partial charge in [0.15, 0.2) is 0 Å². The highest BCUT2D eigenvalue weighted by Crippen LogP contribution is 2.14. The Kier molecular flexibility index (Phi) is 5.07. The Bertz CT molecular complexity index is 535. The second kappa shape index (κ2) is 7.41. The van der Waals surface area contributed by atoms with Crippen LogP contribution in [0.3, 0.4) is 0 Å². The van der Waals surface area contributed by atoms with E-state index in [4.69, 9.17) is 4.74 Å². The van der Waals surface area contributed by atoms with Gasteiger partial charge in [0, 0.05) is 39.3 Å². The van der Waals surface area contributed by atoms with Gasteiger partial charge < -0.3 is 19.9 Å². The van der Waals surface area contributed by atoms with Crippen LogP contribution < -0.4 is 5.32 Å². The summed E-state index contributed by atoms with van der Waals surface area (Å²) in [6.07, 6.45) is 4.99. The van der Waals surface area contributed by atoms with Crippen molar-refractivity contribution in [2.24, 2.45) is 0 Å². The van der Waals surface area contributed by atoms with Crippen LogP contribution in [0.25, 0.3) is 0 Å². The number of pyridine rings is 1. The molecule has 3 rings (SSSR count). The Hall–Kier alpha value is -2.15. The molecular formula is C16H22N4O3. The van der Waals surface area contributed by atoms with Crippen LogP contribution in [0.5, 0.6) is 0 Å². The third kappa shape index (κ3) is 3.98. The minimum Gasteiger partial charge on any atom is -0.381 e. The second-order valence-corrected chi connectivity index (χ2v) is 5.88. The zero-order chi connectivity index (χ0) is 16.1. The van der Waals surface area contributed by atoms with Crippen LogP contribution in [0.4, 0.5) is 5.69 Å². The van der Waals surface area contributed by atoms with Crippen LogP contribution >= 0.6 is 0 Å². The SMILES string of the molecule is O=CN1CCN(C(=O)c2ccc(NCC3CCCO3)cn2)CC1. The molecule has 0 radical (unpaired) electrons. The third-order valence-corrected chi connectivity index (χ3v) is 4.29. The number of piperazine rings is 1. The molecule has 1 unspecified atom stereocenters. The molecule has 23 heavy (non-hydrogen) atoms. The Morgan fingerprint density at radius 2 is 2.17 bits per heavy atom. The average Bonchev–Trinajstić information content (AvgIpc) is 3.13. The van der Waals surface area contributed by atoms with E-state index < -0.39 is 0 Å². The summed E-state index contributed by atoms with van der Waals surface area (Å²) in [6.45, 7) is 3.88. The quantitative estimate of drug-likeness (QED) is 0.804. The molecule has 0 saturated carbocycles. The van der Waals surface area contributed by atoms with Gasteiger partial charge in [-0.25, -0.2) is 4.98 Å². The molecule has 1 atom stereocenters. The molecule has 2 amide bonds. The molecule has 1 aromatic rings. The van der Waals surface area contributed by atoms with Crippen LogP contribution in [0.2, 0.25) is 0 Å². The average molecular weight is 318 g/mol. The lowest BCUT2D eigenvalue weighted by Gasteiger charge is -2.32. The largest absolute Gasteiger partial charge is 0.381 e. The predicted molar refractivity (Wildman–Crippen MR) is 85.2 cm³/mol. The highest BCUT2D eigenvalue weighted by Gasteiger charge is 2.22. The van der Waals surface area contributed by atoms with Gasteiger partial charge in [-0.3, -0.25) is 9.59 Å². The number of rotatable bonds is 5. The van der Waals surface area contributed by atoms with Gasteiger partial charge in [-0.1, -0.05) is 0 Å². The Morgan fingerprint density at radius 3 is 2.78 bits per heavy atom. The topological polar surface area (TPSA) is 74.8 Å². The van der Waals surface area contributed by atoms with Crippen molar-refractivity contribution in [3.8, 4) is 0 Å². The number of hydrogen-bond acceptors (Lipinski definition) is 5. The van der Waals surface area contributed by atoms with Gasteiger partial charge >= 0.3 is 0 Å². The van der Waals surface area contributed by atoms with Gasteiger partial charge in [-0.05, 0) is 25.0 Å². The summed E-state index contributed by atoms with van der Waals surface area (Å²) >= 11 is 0. The normalized spacial score (nSPS) is 21.3. The summed E-state index contributed by atoms with van der Waals surface area (Å²) in [5.74, 6) is -0.0822. The molecule has 0 spiro atoms. The van der Waals surface area contributed by atoms with E-state index >= 15 is 0 Å². The van der Waals surface area contributed by atoms with E-state index in [0.29, 0.717) is 31.9 Å². The van der Waals surface area contributed by atoms with Gasteiger partial charge in [0.1, 0.15) is 5.69 Å². The first-order chi connectivity index (χ1) is 11.3. The molecule has 2 fully saturated rings. The fourth-order valence-corrected chi connectivity index (χ4v) is 2.85. The number of ether oxygens (including phenoxy) is 1. The molecule has 2 aliphatic heterocycles. The van der Waals surface area contributed by atoms with Crippen LogP contribution in [-0.4, -0.2) is 72.5 Å². The standard InChI is InChI=1S/C16H22N4O3/c21-12-19-5-7-20(8-6-19)16(22)15-4-3-13(10-18-15)17-11-14-2-1-9-23-14/h3-4,10,12,14,17H,1-2,5-9,11H2. The molecule has 7 heteroatoms. The zero-order valence-electron chi connectivity index (χ0n) is 13.1. The molecule has 0 bridgehead atoms. The van der Waals surface area contributed by atoms with Crippen molar-refractivity contribution in [1.29, 1.82) is 0 Å². The van der Waals surface area contributed by atoms with Crippen molar-refractivity contribution >= 4 is 18.0 Å². The Morgan fingerprint density at radius 1 is 1.35 bits per heavy atom. The van der Waals surface area contributed by atoms with Gasteiger partial charge in [-0.2, -0.15) is 0 Å². The molecule has 2 aliphatic rings. The summed E-state index contributed by atoms with van der Waals surface area (Å²) in [7, 11) is 0. The number of nitrogens with one attached hydrogen (secondary N) is 1. The van der Waals surface area contributed by atoms with Gasteiger partial charge in [-0.15, -0.1) is 0 Å². The van der Waals surface area contributed by atoms with Crippen molar-refractivity contribution in [2.45, 2.75) is 18.9 Å². The maximum absolute atomic E-state index is 12.4. The fourth-order valence-electron chi connectivity index (χ4n) is 2.85. The van der Waals surface area contributed by atoms with Gasteiger partial charge in [0.25, 0.3) is 5.91 Å². The summed E-state index contributed by atoms with van der Waals surface area (Å²) in [5, 5.41) is 3.29. The smallest absolute Gasteiger partial charge is 0.272 e. The van der Waals surface area contributed by atoms with Crippen LogP contribution in [0, 0.1) is 0 Å². The molecule has 1 N–H and O–H groups in total. The van der Waals surface area contributed by atoms with Crippen molar-refractivity contribution in [3.63, 3.8) is 0 Å². The molecular weight excluding hydrogens is 296 g/mol. The number of nitrogens with zero attached hydrogens (tertiary/aromatic N) is 3. The first kappa shape index (κ1) is 15.7. The summed E-state index contributed by atoms with van der Waals surface area (Å²) < 4.78 is 5.56. The number of carbonyl (C=O) groups is 2. The number of carbonyl (C=O) groups excluding carboxylic acids is 2. The maximum Gasteiger partial charge on any atom is 0.272 e. The summed E-state index contributed by atoms with van der Waals surface area (Å²) in [5.41, 5.74) is 1.33. The Balaban J connectivity index is 1.52. The zero-order valence-corrected chi connectivity index (χ0v) is 13.1. The van der Waals surface area contributed by atoms with Crippen LogP contribution in [-0.2, 0) is 9.53 Å². The second-order valence-electron chi connectivity index (χ2n) is 5.88. The number of hydrogen-bond donors (Lipinski definition) is 1. The number of amides is 2. The first-order valence-electron chi connectivity index (χ1n) is 8.06. The van der Waals surface area contributed by atoms with E-state index in [1.54, 1.807) is 22.1 Å². The lowest BCUT2D eigenvalue weighted by Crippen LogP contribution is -2.48. The molecule has 7 nitrogen and oxygen atoms in total. The molecule has 2 saturated heterocycles. The minimum absolute atomic E-state index is 0.0822. The van der Waals surface area contributed by atoms with E-state index in [9.17, 15) is 9.59 Å². The first-order valence-corrected chi connectivity index (χ1v) is 8.06. The summed E-state index contributed by atoms with van der Waals surface area (Å²) in [4.78, 5) is 30.8. The van der Waals surface area contributed by atoms with E-state index in [-0.39, 0.29) is 12.0 Å².